The Hall–Kier alpha value is -0.650. The third-order valence-electron chi connectivity index (χ3n) is 4.00. The van der Waals surface area contributed by atoms with Crippen molar-refractivity contribution in [2.45, 2.75) is 44.8 Å². The summed E-state index contributed by atoms with van der Waals surface area (Å²) in [7, 11) is 0. The van der Waals surface area contributed by atoms with Gasteiger partial charge in [0.1, 0.15) is 6.04 Å². The Bertz CT molecular complexity index is 280. The van der Waals surface area contributed by atoms with Gasteiger partial charge in [0, 0.05) is 32.8 Å². The van der Waals surface area contributed by atoms with Crippen LogP contribution < -0.4 is 10.6 Å². The molecule has 0 aromatic rings. The molecule has 2 saturated heterocycles. The van der Waals surface area contributed by atoms with E-state index in [1.807, 2.05) is 6.92 Å². The third kappa shape index (κ3) is 4.44. The number of carbonyl (C=O) groups is 1. The van der Waals surface area contributed by atoms with Crippen LogP contribution in [0.2, 0.25) is 0 Å². The number of likely N-dealkylation sites (N-methyl/N-ethyl adjacent to an activating group) is 1. The van der Waals surface area contributed by atoms with Gasteiger partial charge in [-0.15, -0.1) is 0 Å². The van der Waals surface area contributed by atoms with E-state index in [-0.39, 0.29) is 11.9 Å². The summed E-state index contributed by atoms with van der Waals surface area (Å²) in [6, 6.07) is -0.00167. The van der Waals surface area contributed by atoms with Crippen molar-refractivity contribution in [1.82, 2.24) is 15.5 Å². The van der Waals surface area contributed by atoms with Crippen LogP contribution in [0.4, 0.5) is 0 Å². The van der Waals surface area contributed by atoms with E-state index in [2.05, 4.69) is 15.5 Å². The number of rotatable bonds is 6. The van der Waals surface area contributed by atoms with Crippen LogP contribution >= 0.6 is 0 Å². The maximum Gasteiger partial charge on any atom is 0.238 e. The molecule has 2 aliphatic heterocycles. The van der Waals surface area contributed by atoms with Crippen LogP contribution in [0.5, 0.6) is 0 Å². The van der Waals surface area contributed by atoms with Crippen molar-refractivity contribution in [2.75, 3.05) is 39.3 Å². The maximum absolute atomic E-state index is 12.0. The third-order valence-corrected chi connectivity index (χ3v) is 4.00. The first-order chi connectivity index (χ1) is 9.31. The summed E-state index contributed by atoms with van der Waals surface area (Å²) in [6.07, 6.45) is 5.14. The minimum atomic E-state index is -0.00167. The van der Waals surface area contributed by atoms with Crippen LogP contribution in [0.25, 0.3) is 0 Å². The highest BCUT2D eigenvalue weighted by Crippen LogP contribution is 2.17. The fraction of sp³-hybridized carbons (Fsp3) is 0.929. The zero-order chi connectivity index (χ0) is 13.5. The summed E-state index contributed by atoms with van der Waals surface area (Å²) in [5.74, 6) is 0.159. The van der Waals surface area contributed by atoms with Gasteiger partial charge in [-0.2, -0.15) is 0 Å². The Morgan fingerprint density at radius 1 is 1.53 bits per heavy atom. The number of piperazine rings is 1. The van der Waals surface area contributed by atoms with Crippen LogP contribution in [-0.4, -0.2) is 62.3 Å². The average Bonchev–Trinajstić information content (AvgIpc) is 2.93. The summed E-state index contributed by atoms with van der Waals surface area (Å²) >= 11 is 0. The molecular formula is C14H27N3O2. The number of carbonyl (C=O) groups excluding carboxylic acids is 1. The minimum absolute atomic E-state index is 0.00167. The lowest BCUT2D eigenvalue weighted by atomic mass is 10.1. The molecule has 2 heterocycles. The molecule has 5 nitrogen and oxygen atoms in total. The summed E-state index contributed by atoms with van der Waals surface area (Å²) in [4.78, 5) is 14.3. The average molecular weight is 269 g/mol. The molecule has 19 heavy (non-hydrogen) atoms. The molecule has 2 aliphatic rings. The van der Waals surface area contributed by atoms with Gasteiger partial charge < -0.3 is 15.4 Å². The highest BCUT2D eigenvalue weighted by molar-refractivity contribution is 5.82. The highest BCUT2D eigenvalue weighted by Gasteiger charge is 2.28. The molecular weight excluding hydrogens is 242 g/mol. The van der Waals surface area contributed by atoms with Gasteiger partial charge in [0.15, 0.2) is 0 Å². The van der Waals surface area contributed by atoms with Gasteiger partial charge in [0.2, 0.25) is 5.91 Å². The second-order valence-electron chi connectivity index (χ2n) is 5.43. The van der Waals surface area contributed by atoms with Crippen molar-refractivity contribution in [3.05, 3.63) is 0 Å². The van der Waals surface area contributed by atoms with E-state index >= 15 is 0 Å². The number of amides is 1. The molecule has 0 bridgehead atoms. The molecule has 2 rings (SSSR count). The zero-order valence-electron chi connectivity index (χ0n) is 12.0. The molecule has 2 atom stereocenters. The highest BCUT2D eigenvalue weighted by atomic mass is 16.5. The van der Waals surface area contributed by atoms with Crippen LogP contribution in [0.1, 0.15) is 32.6 Å². The van der Waals surface area contributed by atoms with Gasteiger partial charge in [-0.05, 0) is 39.2 Å². The minimum Gasteiger partial charge on any atom is -0.378 e. The van der Waals surface area contributed by atoms with Gasteiger partial charge in [0.05, 0.1) is 6.10 Å². The molecule has 2 fully saturated rings. The Morgan fingerprint density at radius 2 is 2.42 bits per heavy atom. The Balaban J connectivity index is 1.73. The Kier molecular flexibility index (Phi) is 6.07. The summed E-state index contributed by atoms with van der Waals surface area (Å²) in [6.45, 7) is 7.33. The second-order valence-corrected chi connectivity index (χ2v) is 5.43. The van der Waals surface area contributed by atoms with Crippen molar-refractivity contribution in [3.63, 3.8) is 0 Å². The molecule has 0 aromatic carbocycles. The molecule has 0 saturated carbocycles. The molecule has 2 unspecified atom stereocenters. The lowest BCUT2D eigenvalue weighted by Crippen LogP contribution is -2.58. The van der Waals surface area contributed by atoms with Gasteiger partial charge in [0.25, 0.3) is 0 Å². The molecule has 0 spiro atoms. The van der Waals surface area contributed by atoms with E-state index in [1.165, 1.54) is 12.8 Å². The Labute approximate surface area is 116 Å². The smallest absolute Gasteiger partial charge is 0.238 e. The first-order valence-electron chi connectivity index (χ1n) is 7.65. The molecule has 110 valence electrons. The van der Waals surface area contributed by atoms with Crippen LogP contribution in [0.3, 0.4) is 0 Å². The second kappa shape index (κ2) is 7.82. The van der Waals surface area contributed by atoms with E-state index in [4.69, 9.17) is 4.74 Å². The van der Waals surface area contributed by atoms with Crippen molar-refractivity contribution in [3.8, 4) is 0 Å². The molecule has 2 N–H and O–H groups in total. The van der Waals surface area contributed by atoms with Crippen molar-refractivity contribution in [1.29, 1.82) is 0 Å². The normalized spacial score (nSPS) is 28.5. The molecule has 5 heteroatoms. The lowest BCUT2D eigenvalue weighted by Gasteiger charge is -2.35. The SMILES string of the molecule is CCNC(=O)C1CNCCN1CCCC1CCCO1. The van der Waals surface area contributed by atoms with E-state index < -0.39 is 0 Å². The summed E-state index contributed by atoms with van der Waals surface area (Å²) < 4.78 is 5.65. The Morgan fingerprint density at radius 3 is 3.16 bits per heavy atom. The largest absolute Gasteiger partial charge is 0.378 e. The maximum atomic E-state index is 12.0. The van der Waals surface area contributed by atoms with Gasteiger partial charge in [-0.1, -0.05) is 0 Å². The number of nitrogens with zero attached hydrogens (tertiary/aromatic N) is 1. The van der Waals surface area contributed by atoms with Crippen molar-refractivity contribution >= 4 is 5.91 Å². The standard InChI is InChI=1S/C14H27N3O2/c1-2-16-14(18)13-11-15-7-9-17(13)8-3-5-12-6-4-10-19-12/h12-13,15H,2-11H2,1H3,(H,16,18). The lowest BCUT2D eigenvalue weighted by molar-refractivity contribution is -0.127. The van der Waals surface area contributed by atoms with Gasteiger partial charge >= 0.3 is 0 Å². The fourth-order valence-electron chi connectivity index (χ4n) is 2.96. The predicted molar refractivity (Wildman–Crippen MR) is 75.1 cm³/mol. The quantitative estimate of drug-likeness (QED) is 0.731. The van der Waals surface area contributed by atoms with Gasteiger partial charge in [-0.3, -0.25) is 9.69 Å². The number of nitrogens with one attached hydrogen (secondary N) is 2. The number of hydrogen-bond donors (Lipinski definition) is 2. The molecule has 0 aromatic heterocycles. The van der Waals surface area contributed by atoms with E-state index in [0.717, 1.165) is 45.6 Å². The first-order valence-corrected chi connectivity index (χ1v) is 7.65. The predicted octanol–water partition coefficient (Wildman–Crippen LogP) is 0.356. The van der Waals surface area contributed by atoms with E-state index in [1.54, 1.807) is 0 Å². The topological polar surface area (TPSA) is 53.6 Å². The molecule has 0 radical (unpaired) electrons. The van der Waals surface area contributed by atoms with Crippen molar-refractivity contribution in [2.24, 2.45) is 0 Å². The fourth-order valence-corrected chi connectivity index (χ4v) is 2.96. The zero-order valence-corrected chi connectivity index (χ0v) is 12.0. The summed E-state index contributed by atoms with van der Waals surface area (Å²) in [5, 5.41) is 6.24. The van der Waals surface area contributed by atoms with Crippen LogP contribution in [0.15, 0.2) is 0 Å². The van der Waals surface area contributed by atoms with Crippen LogP contribution in [0, 0.1) is 0 Å². The monoisotopic (exact) mass is 269 g/mol. The van der Waals surface area contributed by atoms with E-state index in [9.17, 15) is 4.79 Å². The number of ether oxygens (including phenoxy) is 1. The number of hydrogen-bond acceptors (Lipinski definition) is 4. The first kappa shape index (κ1) is 14.8. The molecule has 1 amide bonds. The van der Waals surface area contributed by atoms with Crippen LogP contribution in [-0.2, 0) is 9.53 Å². The van der Waals surface area contributed by atoms with Gasteiger partial charge in [-0.25, -0.2) is 0 Å². The summed E-state index contributed by atoms with van der Waals surface area (Å²) in [5.41, 5.74) is 0. The van der Waals surface area contributed by atoms with Crippen molar-refractivity contribution < 1.29 is 9.53 Å². The molecule has 0 aliphatic carbocycles. The van der Waals surface area contributed by atoms with E-state index in [0.29, 0.717) is 12.6 Å².